The molecule has 2 aromatic carbocycles. The van der Waals surface area contributed by atoms with E-state index in [9.17, 15) is 9.18 Å². The Bertz CT molecular complexity index is 999. The summed E-state index contributed by atoms with van der Waals surface area (Å²) in [4.78, 5) is 14.3. The van der Waals surface area contributed by atoms with Crippen LogP contribution in [-0.4, -0.2) is 28.1 Å². The fourth-order valence-corrected chi connectivity index (χ4v) is 3.07. The number of aromatic amines is 1. The molecule has 0 saturated heterocycles. The van der Waals surface area contributed by atoms with Crippen LogP contribution in [0.25, 0.3) is 0 Å². The first-order valence-electron chi connectivity index (χ1n) is 9.15. The summed E-state index contributed by atoms with van der Waals surface area (Å²) >= 11 is 6.14. The van der Waals surface area contributed by atoms with Gasteiger partial charge < -0.3 is 15.4 Å². The van der Waals surface area contributed by atoms with Crippen molar-refractivity contribution in [1.82, 2.24) is 15.1 Å². The van der Waals surface area contributed by atoms with E-state index in [1.165, 1.54) is 0 Å². The molecular weight excluding hydrogens is 430 g/mol. The zero-order chi connectivity index (χ0) is 21.0. The van der Waals surface area contributed by atoms with Crippen LogP contribution < -0.4 is 10.5 Å². The highest BCUT2D eigenvalue weighted by Crippen LogP contribution is 2.36. The van der Waals surface area contributed by atoms with Crippen LogP contribution in [-0.2, 0) is 6.54 Å². The number of ether oxygens (including phenoxy) is 1. The third-order valence-electron chi connectivity index (χ3n) is 4.54. The molecule has 0 aliphatic heterocycles. The summed E-state index contributed by atoms with van der Waals surface area (Å²) in [5.74, 6) is -0.606. The molecule has 0 aliphatic rings. The van der Waals surface area contributed by atoms with E-state index in [-0.39, 0.29) is 29.1 Å². The maximum absolute atomic E-state index is 14.9. The molecule has 0 fully saturated rings. The van der Waals surface area contributed by atoms with Crippen molar-refractivity contribution >= 4 is 29.9 Å². The Hall–Kier alpha value is -2.61. The molecule has 0 spiro atoms. The van der Waals surface area contributed by atoms with E-state index >= 15 is 0 Å². The van der Waals surface area contributed by atoms with E-state index < -0.39 is 11.9 Å². The van der Waals surface area contributed by atoms with E-state index in [1.54, 1.807) is 60.7 Å². The number of nitrogens with zero attached hydrogens (tertiary/aromatic N) is 2. The van der Waals surface area contributed by atoms with Crippen molar-refractivity contribution < 1.29 is 13.9 Å². The van der Waals surface area contributed by atoms with E-state index in [2.05, 4.69) is 10.2 Å². The number of carbonyl (C=O) groups is 1. The number of benzene rings is 2. The minimum atomic E-state index is -0.597. The Morgan fingerprint density at radius 1 is 1.37 bits per heavy atom. The monoisotopic (exact) mass is 452 g/mol. The molecule has 9 heteroatoms. The maximum Gasteiger partial charge on any atom is 0.254 e. The number of hydrogen-bond donors (Lipinski definition) is 2. The van der Waals surface area contributed by atoms with Crippen LogP contribution in [0.4, 0.5) is 4.39 Å². The Kier molecular flexibility index (Phi) is 8.23. The Labute approximate surface area is 185 Å². The second-order valence-electron chi connectivity index (χ2n) is 6.69. The fourth-order valence-electron chi connectivity index (χ4n) is 2.89. The number of aromatic nitrogens is 2. The molecule has 160 valence electrons. The molecule has 0 saturated carbocycles. The summed E-state index contributed by atoms with van der Waals surface area (Å²) in [5.41, 5.74) is 7.59. The van der Waals surface area contributed by atoms with Gasteiger partial charge in [-0.25, -0.2) is 4.39 Å². The highest BCUT2D eigenvalue weighted by Gasteiger charge is 2.19. The molecule has 0 unspecified atom stereocenters. The lowest BCUT2D eigenvalue weighted by atomic mass is 10.0. The highest BCUT2D eigenvalue weighted by molar-refractivity contribution is 6.32. The number of rotatable bonds is 7. The molecule has 0 aliphatic carbocycles. The van der Waals surface area contributed by atoms with Crippen LogP contribution in [0.1, 0.15) is 40.9 Å². The minimum absolute atomic E-state index is 0. The molecule has 1 atom stereocenters. The Morgan fingerprint density at radius 2 is 2.13 bits per heavy atom. The van der Waals surface area contributed by atoms with Crippen molar-refractivity contribution in [2.45, 2.75) is 25.9 Å². The zero-order valence-electron chi connectivity index (χ0n) is 16.6. The average molecular weight is 453 g/mol. The van der Waals surface area contributed by atoms with Gasteiger partial charge in [0.2, 0.25) is 0 Å². The van der Waals surface area contributed by atoms with Gasteiger partial charge >= 0.3 is 0 Å². The van der Waals surface area contributed by atoms with Gasteiger partial charge in [0.15, 0.2) is 11.6 Å². The summed E-state index contributed by atoms with van der Waals surface area (Å²) in [7, 11) is 1.69. The highest BCUT2D eigenvalue weighted by atomic mass is 35.5. The molecule has 1 amide bonds. The van der Waals surface area contributed by atoms with Crippen LogP contribution in [0.3, 0.4) is 0 Å². The first kappa shape index (κ1) is 23.7. The normalized spacial score (nSPS) is 11.5. The van der Waals surface area contributed by atoms with Crippen LogP contribution in [0.2, 0.25) is 5.02 Å². The van der Waals surface area contributed by atoms with Crippen molar-refractivity contribution in [2.75, 3.05) is 7.05 Å². The third kappa shape index (κ3) is 5.30. The van der Waals surface area contributed by atoms with Crippen LogP contribution >= 0.6 is 24.0 Å². The van der Waals surface area contributed by atoms with Crippen LogP contribution in [0.5, 0.6) is 11.5 Å². The summed E-state index contributed by atoms with van der Waals surface area (Å²) in [6.07, 6.45) is 3.95. The lowest BCUT2D eigenvalue weighted by Crippen LogP contribution is -2.25. The molecule has 3 rings (SSSR count). The summed E-state index contributed by atoms with van der Waals surface area (Å²) in [5, 5.41) is 6.71. The van der Waals surface area contributed by atoms with Gasteiger partial charge in [-0.1, -0.05) is 30.7 Å². The number of halogens is 3. The van der Waals surface area contributed by atoms with Gasteiger partial charge in [0.05, 0.1) is 11.2 Å². The maximum atomic E-state index is 14.9. The Balaban J connectivity index is 0.00000320. The molecule has 0 bridgehead atoms. The van der Waals surface area contributed by atoms with E-state index in [0.717, 1.165) is 5.56 Å². The second-order valence-corrected chi connectivity index (χ2v) is 7.10. The predicted molar refractivity (Wildman–Crippen MR) is 117 cm³/mol. The lowest BCUT2D eigenvalue weighted by Gasteiger charge is -2.18. The molecule has 1 aromatic heterocycles. The molecular formula is C21H23Cl2FN4O2. The number of H-pyrrole nitrogens is 1. The quantitative estimate of drug-likeness (QED) is 0.522. The molecule has 0 radical (unpaired) electrons. The van der Waals surface area contributed by atoms with Crippen molar-refractivity contribution in [3.8, 4) is 11.5 Å². The molecule has 3 N–H and O–H groups in total. The van der Waals surface area contributed by atoms with Gasteiger partial charge in [0.1, 0.15) is 5.75 Å². The number of nitrogens with one attached hydrogen (secondary N) is 1. The van der Waals surface area contributed by atoms with E-state index in [4.69, 9.17) is 22.1 Å². The van der Waals surface area contributed by atoms with Crippen LogP contribution in [0.15, 0.2) is 48.8 Å². The number of hydrogen-bond acceptors (Lipinski definition) is 4. The van der Waals surface area contributed by atoms with Crippen molar-refractivity contribution in [2.24, 2.45) is 5.73 Å². The summed E-state index contributed by atoms with van der Waals surface area (Å²) in [6, 6.07) is 9.18. The summed E-state index contributed by atoms with van der Waals surface area (Å²) in [6.45, 7) is 2.27. The average Bonchev–Trinajstić information content (AvgIpc) is 3.23. The standard InChI is InChI=1S/C21H22ClFN4O2.ClH/c1-3-18(24)16-7-8-17(22)20(19(16)23)29-15-6-4-5-14(9-15)21(28)27(2)12-13-10-25-26-11-13;/h4-11,18H,3,12,24H2,1-2H3,(H,25,26);1H/t18-;/m0./s1. The van der Waals surface area contributed by atoms with E-state index in [0.29, 0.717) is 29.8 Å². The van der Waals surface area contributed by atoms with Crippen molar-refractivity contribution in [3.63, 3.8) is 0 Å². The smallest absolute Gasteiger partial charge is 0.254 e. The SMILES string of the molecule is CC[C@H](N)c1ccc(Cl)c(Oc2cccc(C(=O)N(C)Cc3cn[nH]c3)c2)c1F.Cl. The second kappa shape index (κ2) is 10.4. The van der Waals surface area contributed by atoms with Gasteiger partial charge in [-0.2, -0.15) is 5.10 Å². The third-order valence-corrected chi connectivity index (χ3v) is 4.84. The zero-order valence-corrected chi connectivity index (χ0v) is 18.1. The van der Waals surface area contributed by atoms with Crippen molar-refractivity contribution in [3.05, 3.63) is 76.3 Å². The van der Waals surface area contributed by atoms with Crippen LogP contribution in [0, 0.1) is 5.82 Å². The largest absolute Gasteiger partial charge is 0.453 e. The number of nitrogens with two attached hydrogens (primary N) is 1. The fraction of sp³-hybridized carbons (Fsp3) is 0.238. The number of amides is 1. The summed E-state index contributed by atoms with van der Waals surface area (Å²) < 4.78 is 20.6. The van der Waals surface area contributed by atoms with Gasteiger partial charge in [0.25, 0.3) is 5.91 Å². The van der Waals surface area contributed by atoms with Gasteiger partial charge in [-0.15, -0.1) is 12.4 Å². The van der Waals surface area contributed by atoms with Gasteiger partial charge in [-0.05, 0) is 30.7 Å². The predicted octanol–water partition coefficient (Wildman–Crippen LogP) is 5.10. The number of carbonyl (C=O) groups excluding carboxylic acids is 1. The molecule has 3 aromatic rings. The van der Waals surface area contributed by atoms with Gasteiger partial charge in [-0.3, -0.25) is 9.89 Å². The molecule has 6 nitrogen and oxygen atoms in total. The topological polar surface area (TPSA) is 84.2 Å². The molecule has 30 heavy (non-hydrogen) atoms. The van der Waals surface area contributed by atoms with E-state index in [1.807, 2.05) is 6.92 Å². The molecule has 1 heterocycles. The first-order chi connectivity index (χ1) is 13.9. The minimum Gasteiger partial charge on any atom is -0.453 e. The lowest BCUT2D eigenvalue weighted by molar-refractivity contribution is 0.0785. The first-order valence-corrected chi connectivity index (χ1v) is 9.53. The van der Waals surface area contributed by atoms with Crippen molar-refractivity contribution in [1.29, 1.82) is 0 Å². The Morgan fingerprint density at radius 3 is 2.80 bits per heavy atom. The van der Waals surface area contributed by atoms with Gasteiger partial charge in [0, 0.05) is 42.5 Å².